The van der Waals surface area contributed by atoms with Crippen LogP contribution in [0.3, 0.4) is 0 Å². The first kappa shape index (κ1) is 7.98. The Morgan fingerprint density at radius 2 is 2.18 bits per heavy atom. The lowest BCUT2D eigenvalue weighted by molar-refractivity contribution is -0.137. The Morgan fingerprint density at radius 1 is 1.55 bits per heavy atom. The van der Waals surface area contributed by atoms with Crippen LogP contribution in [0.2, 0.25) is 0 Å². The van der Waals surface area contributed by atoms with Crippen LogP contribution in [-0.2, 0) is 9.59 Å². The van der Waals surface area contributed by atoms with Crippen LogP contribution in [0.25, 0.3) is 0 Å². The van der Waals surface area contributed by atoms with Gasteiger partial charge in [0, 0.05) is 12.1 Å². The fourth-order valence-corrected chi connectivity index (χ4v) is 1.17. The molecule has 0 radical (unpaired) electrons. The van der Waals surface area contributed by atoms with Crippen LogP contribution in [0.4, 0.5) is 0 Å². The fraction of sp³-hybridized carbons (Fsp3) is 0.500. The number of likely N-dealkylation sites (N-methyl/N-ethyl adjacent to an activating group) is 1. The van der Waals surface area contributed by atoms with Gasteiger partial charge in [0.05, 0.1) is 6.42 Å². The van der Waals surface area contributed by atoms with Crippen molar-refractivity contribution in [1.82, 2.24) is 4.90 Å². The van der Waals surface area contributed by atoms with E-state index in [1.54, 1.807) is 19.9 Å². The molecule has 0 aliphatic carbocycles. The third-order valence-corrected chi connectivity index (χ3v) is 1.83. The second-order valence-corrected chi connectivity index (χ2v) is 2.43. The summed E-state index contributed by atoms with van der Waals surface area (Å²) in [5, 5.41) is 0. The topological polar surface area (TPSA) is 37.4 Å². The van der Waals surface area contributed by atoms with Crippen molar-refractivity contribution in [2.75, 3.05) is 6.54 Å². The van der Waals surface area contributed by atoms with E-state index in [1.165, 1.54) is 4.90 Å². The maximum atomic E-state index is 11.2. The largest absolute Gasteiger partial charge is 0.279 e. The number of amides is 2. The molecule has 3 nitrogen and oxygen atoms in total. The molecule has 1 aliphatic rings. The maximum absolute atomic E-state index is 11.2. The molecule has 1 heterocycles. The summed E-state index contributed by atoms with van der Waals surface area (Å²) in [6.45, 7) is 4.06. The summed E-state index contributed by atoms with van der Waals surface area (Å²) in [6.07, 6.45) is 1.99. The number of likely N-dealkylation sites (tertiary alicyclic amines) is 1. The van der Waals surface area contributed by atoms with Crippen molar-refractivity contribution in [2.24, 2.45) is 0 Å². The van der Waals surface area contributed by atoms with Gasteiger partial charge in [-0.3, -0.25) is 14.5 Å². The van der Waals surface area contributed by atoms with Gasteiger partial charge in [0.1, 0.15) is 0 Å². The van der Waals surface area contributed by atoms with E-state index in [0.717, 1.165) is 0 Å². The summed E-state index contributed by atoms with van der Waals surface area (Å²) in [6, 6.07) is 0. The molecule has 0 spiro atoms. The van der Waals surface area contributed by atoms with Gasteiger partial charge >= 0.3 is 0 Å². The second-order valence-electron chi connectivity index (χ2n) is 2.43. The summed E-state index contributed by atoms with van der Waals surface area (Å²) in [5.41, 5.74) is 0.622. The van der Waals surface area contributed by atoms with Crippen LogP contribution in [0.15, 0.2) is 11.6 Å². The van der Waals surface area contributed by atoms with Gasteiger partial charge in [-0.2, -0.15) is 0 Å². The average molecular weight is 153 g/mol. The Hall–Kier alpha value is -1.12. The van der Waals surface area contributed by atoms with Gasteiger partial charge in [0.2, 0.25) is 5.91 Å². The summed E-state index contributed by atoms with van der Waals surface area (Å²) in [7, 11) is 0. The summed E-state index contributed by atoms with van der Waals surface area (Å²) in [4.78, 5) is 23.5. The molecule has 0 aromatic heterocycles. The molecule has 0 unspecified atom stereocenters. The van der Waals surface area contributed by atoms with Crippen LogP contribution >= 0.6 is 0 Å². The molecule has 1 saturated heterocycles. The number of rotatable bonds is 1. The Kier molecular flexibility index (Phi) is 2.08. The first-order chi connectivity index (χ1) is 5.20. The monoisotopic (exact) mass is 153 g/mol. The van der Waals surface area contributed by atoms with E-state index in [-0.39, 0.29) is 18.2 Å². The molecule has 60 valence electrons. The maximum Gasteiger partial charge on any atom is 0.256 e. The highest BCUT2D eigenvalue weighted by Crippen LogP contribution is 2.17. The number of allylic oxidation sites excluding steroid dienone is 1. The van der Waals surface area contributed by atoms with E-state index in [2.05, 4.69) is 0 Å². The van der Waals surface area contributed by atoms with E-state index in [4.69, 9.17) is 0 Å². The van der Waals surface area contributed by atoms with Crippen molar-refractivity contribution in [3.8, 4) is 0 Å². The van der Waals surface area contributed by atoms with E-state index < -0.39 is 0 Å². The van der Waals surface area contributed by atoms with Gasteiger partial charge < -0.3 is 0 Å². The summed E-state index contributed by atoms with van der Waals surface area (Å²) >= 11 is 0. The van der Waals surface area contributed by atoms with Crippen molar-refractivity contribution in [1.29, 1.82) is 0 Å². The molecule has 1 aliphatic heterocycles. The van der Waals surface area contributed by atoms with Crippen LogP contribution in [-0.4, -0.2) is 23.3 Å². The number of nitrogens with zero attached hydrogens (tertiary/aromatic N) is 1. The first-order valence-electron chi connectivity index (χ1n) is 3.70. The number of carbonyl (C=O) groups excluding carboxylic acids is 2. The zero-order chi connectivity index (χ0) is 8.43. The fourth-order valence-electron chi connectivity index (χ4n) is 1.17. The average Bonchev–Trinajstić information content (AvgIpc) is 2.26. The lowest BCUT2D eigenvalue weighted by atomic mass is 10.2. The summed E-state index contributed by atoms with van der Waals surface area (Å²) in [5.74, 6) is -0.203. The van der Waals surface area contributed by atoms with Crippen LogP contribution in [0.5, 0.6) is 0 Å². The van der Waals surface area contributed by atoms with E-state index in [1.807, 2.05) is 0 Å². The zero-order valence-corrected chi connectivity index (χ0v) is 6.76. The Bertz CT molecular complexity index is 230. The highest BCUT2D eigenvalue weighted by Gasteiger charge is 2.31. The van der Waals surface area contributed by atoms with Crippen molar-refractivity contribution in [3.63, 3.8) is 0 Å². The molecule has 1 fully saturated rings. The minimum absolute atomic E-state index is 0.0781. The number of hydrogen-bond donors (Lipinski definition) is 0. The number of carbonyl (C=O) groups is 2. The van der Waals surface area contributed by atoms with E-state index in [0.29, 0.717) is 12.1 Å². The van der Waals surface area contributed by atoms with E-state index in [9.17, 15) is 9.59 Å². The third-order valence-electron chi connectivity index (χ3n) is 1.83. The van der Waals surface area contributed by atoms with Gasteiger partial charge in [-0.15, -0.1) is 0 Å². The lowest BCUT2D eigenvalue weighted by Gasteiger charge is -2.08. The molecule has 0 N–H and O–H groups in total. The third kappa shape index (κ3) is 1.18. The van der Waals surface area contributed by atoms with Gasteiger partial charge in [-0.1, -0.05) is 6.08 Å². The number of hydrogen-bond acceptors (Lipinski definition) is 2. The quantitative estimate of drug-likeness (QED) is 0.411. The SMILES string of the molecule is C/C=C1\CC(=O)N(CC)C1=O. The van der Waals surface area contributed by atoms with Gasteiger partial charge in [0.15, 0.2) is 0 Å². The molecule has 2 amide bonds. The highest BCUT2D eigenvalue weighted by molar-refractivity contribution is 6.13. The van der Waals surface area contributed by atoms with Crippen molar-refractivity contribution >= 4 is 11.8 Å². The number of imide groups is 1. The van der Waals surface area contributed by atoms with Gasteiger partial charge in [-0.25, -0.2) is 0 Å². The lowest BCUT2D eigenvalue weighted by Crippen LogP contribution is -2.28. The molecule has 0 aromatic carbocycles. The minimum atomic E-state index is -0.125. The van der Waals surface area contributed by atoms with Crippen LogP contribution < -0.4 is 0 Å². The van der Waals surface area contributed by atoms with Crippen LogP contribution in [0, 0.1) is 0 Å². The molecule has 0 aromatic rings. The Morgan fingerprint density at radius 3 is 2.45 bits per heavy atom. The minimum Gasteiger partial charge on any atom is -0.279 e. The van der Waals surface area contributed by atoms with Gasteiger partial charge in [0.25, 0.3) is 5.91 Å². The molecular weight excluding hydrogens is 142 g/mol. The molecule has 1 rings (SSSR count). The van der Waals surface area contributed by atoms with Crippen molar-refractivity contribution in [2.45, 2.75) is 20.3 Å². The second kappa shape index (κ2) is 2.86. The summed E-state index contributed by atoms with van der Waals surface area (Å²) < 4.78 is 0. The van der Waals surface area contributed by atoms with Crippen molar-refractivity contribution < 1.29 is 9.59 Å². The first-order valence-corrected chi connectivity index (χ1v) is 3.70. The standard InChI is InChI=1S/C8H11NO2/c1-3-6-5-7(10)9(4-2)8(6)11/h3H,4-5H2,1-2H3/b6-3+. The molecular formula is C8H11NO2. The molecule has 0 atom stereocenters. The zero-order valence-electron chi connectivity index (χ0n) is 6.76. The highest BCUT2D eigenvalue weighted by atomic mass is 16.2. The smallest absolute Gasteiger partial charge is 0.256 e. The van der Waals surface area contributed by atoms with Crippen LogP contribution in [0.1, 0.15) is 20.3 Å². The molecule has 11 heavy (non-hydrogen) atoms. The molecule has 3 heteroatoms. The Balaban J connectivity index is 2.88. The van der Waals surface area contributed by atoms with Gasteiger partial charge in [-0.05, 0) is 13.8 Å². The van der Waals surface area contributed by atoms with E-state index >= 15 is 0 Å². The predicted molar refractivity (Wildman–Crippen MR) is 40.8 cm³/mol. The predicted octanol–water partition coefficient (Wildman–Crippen LogP) is 0.712. The normalized spacial score (nSPS) is 22.0. The molecule has 0 bridgehead atoms. The van der Waals surface area contributed by atoms with Crippen molar-refractivity contribution in [3.05, 3.63) is 11.6 Å². The Labute approximate surface area is 65.7 Å². The molecule has 0 saturated carbocycles.